The Hall–Kier alpha value is -2.87. The van der Waals surface area contributed by atoms with E-state index in [0.717, 1.165) is 23.2 Å². The van der Waals surface area contributed by atoms with E-state index in [1.54, 1.807) is 24.5 Å². The summed E-state index contributed by atoms with van der Waals surface area (Å²) in [5, 5.41) is 31.8. The lowest BCUT2D eigenvalue weighted by Crippen LogP contribution is -2.21. The summed E-state index contributed by atoms with van der Waals surface area (Å²) in [4.78, 5) is 4.37. The normalized spacial score (nSPS) is 12.6. The van der Waals surface area contributed by atoms with E-state index in [2.05, 4.69) is 30.7 Å². The minimum Gasteiger partial charge on any atom is -0.373 e. The van der Waals surface area contributed by atoms with Gasteiger partial charge in [-0.15, -0.1) is 20.4 Å². The fourth-order valence-corrected chi connectivity index (χ4v) is 5.26. The fourth-order valence-electron chi connectivity index (χ4n) is 2.97. The molecule has 1 atom stereocenters. The van der Waals surface area contributed by atoms with Gasteiger partial charge in [0.1, 0.15) is 11.2 Å². The van der Waals surface area contributed by atoms with Gasteiger partial charge in [-0.1, -0.05) is 35.2 Å². The van der Waals surface area contributed by atoms with Crippen molar-refractivity contribution in [3.8, 4) is 22.0 Å². The number of rotatable bonds is 9. The maximum atomic E-state index is 11.6. The molecule has 0 amide bonds. The van der Waals surface area contributed by atoms with Crippen molar-refractivity contribution in [1.82, 2.24) is 29.9 Å². The number of hydrogen-bond acceptors (Lipinski definition) is 11. The molecule has 0 saturated heterocycles. The highest BCUT2D eigenvalue weighted by Gasteiger charge is 2.16. The van der Waals surface area contributed by atoms with E-state index in [0.29, 0.717) is 27.6 Å². The number of nitrogens with one attached hydrogen (secondary N) is 1. The van der Waals surface area contributed by atoms with Crippen molar-refractivity contribution in [3.63, 3.8) is 0 Å². The predicted molar refractivity (Wildman–Crippen MR) is 128 cm³/mol. The van der Waals surface area contributed by atoms with Crippen molar-refractivity contribution >= 4 is 38.1 Å². The standard InChI is InChI=1S/C20H21N7O3S3/c1-3-27-17(14-5-4-10-21-11-14)23-26-20(27)31-12-16(28)22-19-25-24-18(32-19)13-6-8-15(9-7-13)33(2,29)30/h4-11,16,28H,3,12H2,1-2H3,(H,22,25). The van der Waals surface area contributed by atoms with E-state index >= 15 is 0 Å². The van der Waals surface area contributed by atoms with Crippen molar-refractivity contribution in [3.05, 3.63) is 48.8 Å². The van der Waals surface area contributed by atoms with E-state index in [1.807, 2.05) is 23.6 Å². The first-order valence-electron chi connectivity index (χ1n) is 9.90. The third-order valence-corrected chi connectivity index (χ3v) is 7.64. The number of nitrogens with zero attached hydrogens (tertiary/aromatic N) is 6. The molecule has 0 fully saturated rings. The molecule has 3 aromatic heterocycles. The Morgan fingerprint density at radius 3 is 2.58 bits per heavy atom. The van der Waals surface area contributed by atoms with Crippen LogP contribution in [0.25, 0.3) is 22.0 Å². The molecule has 4 aromatic rings. The Morgan fingerprint density at radius 2 is 1.91 bits per heavy atom. The van der Waals surface area contributed by atoms with Crippen LogP contribution in [0.5, 0.6) is 0 Å². The second kappa shape index (κ2) is 9.95. The van der Waals surface area contributed by atoms with Crippen LogP contribution in [0.15, 0.2) is 58.8 Å². The van der Waals surface area contributed by atoms with Crippen LogP contribution in [0.3, 0.4) is 0 Å². The maximum Gasteiger partial charge on any atom is 0.208 e. The Bertz CT molecular complexity index is 1320. The summed E-state index contributed by atoms with van der Waals surface area (Å²) in [7, 11) is -3.26. The molecule has 0 spiro atoms. The van der Waals surface area contributed by atoms with Crippen LogP contribution in [0.1, 0.15) is 6.92 Å². The van der Waals surface area contributed by atoms with E-state index in [-0.39, 0.29) is 4.90 Å². The van der Waals surface area contributed by atoms with Crippen LogP contribution in [-0.2, 0) is 16.4 Å². The van der Waals surface area contributed by atoms with E-state index in [1.165, 1.54) is 35.2 Å². The molecule has 2 N–H and O–H groups in total. The second-order valence-corrected chi connectivity index (χ2v) is 11.0. The number of pyridine rings is 1. The smallest absolute Gasteiger partial charge is 0.208 e. The zero-order valence-electron chi connectivity index (χ0n) is 17.8. The average molecular weight is 504 g/mol. The van der Waals surface area contributed by atoms with Crippen LogP contribution >= 0.6 is 23.1 Å². The van der Waals surface area contributed by atoms with Gasteiger partial charge >= 0.3 is 0 Å². The van der Waals surface area contributed by atoms with Crippen molar-refractivity contribution in [1.29, 1.82) is 0 Å². The number of benzene rings is 1. The van der Waals surface area contributed by atoms with E-state index in [4.69, 9.17) is 0 Å². The van der Waals surface area contributed by atoms with E-state index in [9.17, 15) is 13.5 Å². The molecule has 0 bridgehead atoms. The van der Waals surface area contributed by atoms with Gasteiger partial charge in [0.05, 0.1) is 4.90 Å². The first-order valence-corrected chi connectivity index (χ1v) is 13.6. The molecule has 0 aliphatic heterocycles. The molecule has 0 aliphatic rings. The summed E-state index contributed by atoms with van der Waals surface area (Å²) in [6.07, 6.45) is 3.73. The summed E-state index contributed by atoms with van der Waals surface area (Å²) >= 11 is 2.64. The first kappa shape index (κ1) is 23.3. The highest BCUT2D eigenvalue weighted by molar-refractivity contribution is 7.99. The minimum atomic E-state index is -3.26. The first-order chi connectivity index (χ1) is 15.8. The summed E-state index contributed by atoms with van der Waals surface area (Å²) in [5.74, 6) is 1.05. The summed E-state index contributed by atoms with van der Waals surface area (Å²) in [5.41, 5.74) is 1.62. The lowest BCUT2D eigenvalue weighted by molar-refractivity contribution is 0.228. The topological polar surface area (TPSA) is 136 Å². The van der Waals surface area contributed by atoms with Crippen LogP contribution in [0.4, 0.5) is 5.13 Å². The predicted octanol–water partition coefficient (Wildman–Crippen LogP) is 2.80. The molecule has 0 saturated carbocycles. The van der Waals surface area contributed by atoms with Gasteiger partial charge in [-0.2, -0.15) is 0 Å². The highest BCUT2D eigenvalue weighted by atomic mass is 32.2. The molecule has 1 unspecified atom stereocenters. The molecule has 33 heavy (non-hydrogen) atoms. The number of aliphatic hydroxyl groups excluding tert-OH is 1. The van der Waals surface area contributed by atoms with Crippen LogP contribution in [0.2, 0.25) is 0 Å². The van der Waals surface area contributed by atoms with Gasteiger partial charge in [-0.05, 0) is 31.2 Å². The molecular formula is C20H21N7O3S3. The van der Waals surface area contributed by atoms with Gasteiger partial charge in [0.15, 0.2) is 20.8 Å². The lowest BCUT2D eigenvalue weighted by atomic mass is 10.2. The molecule has 172 valence electrons. The molecule has 1 aromatic carbocycles. The van der Waals surface area contributed by atoms with E-state index < -0.39 is 16.1 Å². The van der Waals surface area contributed by atoms with Gasteiger partial charge in [0, 0.05) is 42.1 Å². The summed E-state index contributed by atoms with van der Waals surface area (Å²) in [6, 6.07) is 10.2. The van der Waals surface area contributed by atoms with Crippen LogP contribution in [-0.4, -0.2) is 61.7 Å². The number of aromatic nitrogens is 6. The third-order valence-electron chi connectivity index (χ3n) is 4.57. The maximum absolute atomic E-state index is 11.6. The SMILES string of the molecule is CCn1c(SCC(O)Nc2nnc(-c3ccc(S(C)(=O)=O)cc3)s2)nnc1-c1cccnc1. The summed E-state index contributed by atoms with van der Waals surface area (Å²) in [6.45, 7) is 2.69. The second-order valence-electron chi connectivity index (χ2n) is 6.97. The Kier molecular flexibility index (Phi) is 7.02. The molecular weight excluding hydrogens is 482 g/mol. The Balaban J connectivity index is 1.38. The van der Waals surface area contributed by atoms with Crippen molar-refractivity contribution in [2.75, 3.05) is 17.3 Å². The van der Waals surface area contributed by atoms with Gasteiger partial charge in [-0.3, -0.25) is 4.98 Å². The number of sulfone groups is 1. The zero-order valence-corrected chi connectivity index (χ0v) is 20.2. The Morgan fingerprint density at radius 1 is 1.12 bits per heavy atom. The largest absolute Gasteiger partial charge is 0.373 e. The summed E-state index contributed by atoms with van der Waals surface area (Å²) < 4.78 is 25.2. The Labute approximate surface area is 199 Å². The fraction of sp³-hybridized carbons (Fsp3) is 0.250. The van der Waals surface area contributed by atoms with Crippen molar-refractivity contribution in [2.24, 2.45) is 0 Å². The molecule has 3 heterocycles. The van der Waals surface area contributed by atoms with Crippen LogP contribution in [0, 0.1) is 0 Å². The molecule has 13 heteroatoms. The molecule has 10 nitrogen and oxygen atoms in total. The monoisotopic (exact) mass is 503 g/mol. The van der Waals surface area contributed by atoms with Crippen molar-refractivity contribution < 1.29 is 13.5 Å². The molecule has 0 aliphatic carbocycles. The third kappa shape index (κ3) is 5.55. The van der Waals surface area contributed by atoms with Gasteiger partial charge in [-0.25, -0.2) is 8.42 Å². The minimum absolute atomic E-state index is 0.244. The number of anilines is 1. The zero-order chi connectivity index (χ0) is 23.4. The molecule has 0 radical (unpaired) electrons. The molecule has 4 rings (SSSR count). The van der Waals surface area contributed by atoms with Crippen LogP contribution < -0.4 is 5.32 Å². The van der Waals surface area contributed by atoms with Crippen molar-refractivity contribution in [2.45, 2.75) is 29.7 Å². The quantitative estimate of drug-likeness (QED) is 0.259. The average Bonchev–Trinajstić information content (AvgIpc) is 3.44. The van der Waals surface area contributed by atoms with Gasteiger partial charge in [0.2, 0.25) is 5.13 Å². The number of aliphatic hydroxyl groups is 1. The number of hydrogen-bond donors (Lipinski definition) is 2. The van der Waals surface area contributed by atoms with Gasteiger partial charge < -0.3 is 15.0 Å². The lowest BCUT2D eigenvalue weighted by Gasteiger charge is -2.11. The highest BCUT2D eigenvalue weighted by Crippen LogP contribution is 2.28. The number of thioether (sulfide) groups is 1. The van der Waals surface area contributed by atoms with Gasteiger partial charge in [0.25, 0.3) is 0 Å².